The summed E-state index contributed by atoms with van der Waals surface area (Å²) in [6, 6.07) is 0.0800. The molecule has 20 heavy (non-hydrogen) atoms. The van der Waals surface area contributed by atoms with Crippen LogP contribution in [-0.4, -0.2) is 61.1 Å². The van der Waals surface area contributed by atoms with Crippen LogP contribution in [0.4, 0.5) is 0 Å². The predicted octanol–water partition coefficient (Wildman–Crippen LogP) is -0.0621. The third kappa shape index (κ3) is 2.87. The lowest BCUT2D eigenvalue weighted by Crippen LogP contribution is -2.44. The Morgan fingerprint density at radius 1 is 1.40 bits per heavy atom. The smallest absolute Gasteiger partial charge is 0.243 e. The van der Waals surface area contributed by atoms with E-state index in [0.29, 0.717) is 18.1 Å². The Balaban J connectivity index is 1.70. The maximum atomic E-state index is 11.5. The van der Waals surface area contributed by atoms with Crippen molar-refractivity contribution in [3.63, 3.8) is 0 Å². The van der Waals surface area contributed by atoms with Gasteiger partial charge in [0.1, 0.15) is 0 Å². The molecule has 2 aliphatic heterocycles. The topological polar surface area (TPSA) is 88.3 Å². The summed E-state index contributed by atoms with van der Waals surface area (Å²) in [5.41, 5.74) is 0. The maximum absolute atomic E-state index is 11.5. The van der Waals surface area contributed by atoms with Gasteiger partial charge in [0.2, 0.25) is 5.89 Å². The van der Waals surface area contributed by atoms with Crippen LogP contribution < -0.4 is 5.32 Å². The van der Waals surface area contributed by atoms with Gasteiger partial charge in [0, 0.05) is 32.1 Å². The number of nitrogens with zero attached hydrogens (tertiary/aromatic N) is 3. The van der Waals surface area contributed by atoms with Crippen molar-refractivity contribution in [2.75, 3.05) is 37.7 Å². The van der Waals surface area contributed by atoms with Crippen LogP contribution in [0.5, 0.6) is 0 Å². The Kier molecular flexibility index (Phi) is 3.78. The monoisotopic (exact) mass is 300 g/mol. The minimum absolute atomic E-state index is 0.0800. The van der Waals surface area contributed by atoms with Crippen molar-refractivity contribution in [1.29, 1.82) is 0 Å². The molecule has 1 aromatic heterocycles. The van der Waals surface area contributed by atoms with Crippen molar-refractivity contribution in [2.45, 2.75) is 25.3 Å². The van der Waals surface area contributed by atoms with Gasteiger partial charge in [0.05, 0.1) is 17.5 Å². The number of hydrogen-bond acceptors (Lipinski definition) is 7. The van der Waals surface area contributed by atoms with E-state index in [2.05, 4.69) is 20.4 Å². The largest absolute Gasteiger partial charge is 0.338 e. The van der Waals surface area contributed by atoms with E-state index in [9.17, 15) is 8.42 Å². The van der Waals surface area contributed by atoms with E-state index < -0.39 is 9.84 Å². The molecule has 3 rings (SSSR count). The molecule has 7 nitrogen and oxygen atoms in total. The minimum atomic E-state index is -2.92. The van der Waals surface area contributed by atoms with Crippen LogP contribution in [0.3, 0.4) is 0 Å². The second-order valence-corrected chi connectivity index (χ2v) is 7.78. The number of nitrogens with one attached hydrogen (secondary N) is 1. The summed E-state index contributed by atoms with van der Waals surface area (Å²) in [5, 5.41) is 7.29. The molecule has 0 amide bonds. The van der Waals surface area contributed by atoms with Crippen molar-refractivity contribution in [3.05, 3.63) is 11.7 Å². The summed E-state index contributed by atoms with van der Waals surface area (Å²) in [5.74, 6) is 1.41. The molecule has 0 bridgehead atoms. The first kappa shape index (κ1) is 14.0. The molecule has 8 heteroatoms. The van der Waals surface area contributed by atoms with Crippen LogP contribution in [0.15, 0.2) is 4.52 Å². The predicted molar refractivity (Wildman–Crippen MR) is 73.2 cm³/mol. The number of sulfone groups is 1. The van der Waals surface area contributed by atoms with Gasteiger partial charge in [0.15, 0.2) is 15.7 Å². The van der Waals surface area contributed by atoms with E-state index in [4.69, 9.17) is 4.52 Å². The Labute approximate surface area is 118 Å². The molecule has 0 radical (unpaired) electrons. The highest BCUT2D eigenvalue weighted by atomic mass is 32.2. The third-order valence-electron chi connectivity index (χ3n) is 4.11. The molecule has 0 spiro atoms. The SMILES string of the molecule is CC(c1nc(C2CCS(=O)(=O)C2)no1)N1CCNCC1. The van der Waals surface area contributed by atoms with Gasteiger partial charge < -0.3 is 9.84 Å². The molecule has 2 saturated heterocycles. The molecule has 2 atom stereocenters. The number of hydrogen-bond donors (Lipinski definition) is 1. The molecule has 0 saturated carbocycles. The van der Waals surface area contributed by atoms with Gasteiger partial charge >= 0.3 is 0 Å². The summed E-state index contributed by atoms with van der Waals surface area (Å²) in [6.45, 7) is 5.89. The van der Waals surface area contributed by atoms with Gasteiger partial charge in [-0.2, -0.15) is 4.98 Å². The molecule has 2 unspecified atom stereocenters. The molecule has 0 aliphatic carbocycles. The van der Waals surface area contributed by atoms with Gasteiger partial charge in [-0.15, -0.1) is 0 Å². The fourth-order valence-electron chi connectivity index (χ4n) is 2.81. The zero-order valence-corrected chi connectivity index (χ0v) is 12.4. The molecule has 2 fully saturated rings. The number of rotatable bonds is 3. The van der Waals surface area contributed by atoms with E-state index in [1.54, 1.807) is 0 Å². The molecule has 2 aliphatic rings. The average molecular weight is 300 g/mol. The van der Waals surface area contributed by atoms with E-state index in [1.165, 1.54) is 0 Å². The molecular weight excluding hydrogens is 280 g/mol. The zero-order chi connectivity index (χ0) is 14.2. The standard InChI is InChI=1S/C12H20N4O3S/c1-9(16-5-3-13-4-6-16)12-14-11(15-19-12)10-2-7-20(17,18)8-10/h9-10,13H,2-8H2,1H3. The van der Waals surface area contributed by atoms with Crippen LogP contribution in [0, 0.1) is 0 Å². The van der Waals surface area contributed by atoms with Crippen molar-refractivity contribution < 1.29 is 12.9 Å². The average Bonchev–Trinajstić information content (AvgIpc) is 3.05. The van der Waals surface area contributed by atoms with E-state index in [0.717, 1.165) is 26.2 Å². The highest BCUT2D eigenvalue weighted by Crippen LogP contribution is 2.28. The molecule has 1 N–H and O–H groups in total. The first-order valence-corrected chi connectivity index (χ1v) is 8.86. The van der Waals surface area contributed by atoms with E-state index in [-0.39, 0.29) is 23.5 Å². The first-order chi connectivity index (χ1) is 9.55. The Bertz CT molecular complexity index is 565. The van der Waals surface area contributed by atoms with E-state index >= 15 is 0 Å². The Hall–Kier alpha value is -0.990. The van der Waals surface area contributed by atoms with Gasteiger partial charge in [-0.05, 0) is 13.3 Å². The van der Waals surface area contributed by atoms with Gasteiger partial charge in [-0.25, -0.2) is 8.42 Å². The minimum Gasteiger partial charge on any atom is -0.338 e. The highest BCUT2D eigenvalue weighted by Gasteiger charge is 2.33. The molecule has 1 aromatic rings. The summed E-state index contributed by atoms with van der Waals surface area (Å²) >= 11 is 0. The fraction of sp³-hybridized carbons (Fsp3) is 0.833. The van der Waals surface area contributed by atoms with Gasteiger partial charge in [0.25, 0.3) is 0 Å². The normalized spacial score (nSPS) is 28.6. The molecular formula is C12H20N4O3S. The van der Waals surface area contributed by atoms with Gasteiger partial charge in [-0.3, -0.25) is 4.90 Å². The van der Waals surface area contributed by atoms with E-state index in [1.807, 2.05) is 6.92 Å². The summed E-state index contributed by atoms with van der Waals surface area (Å²) in [6.07, 6.45) is 0.601. The number of aromatic nitrogens is 2. The Morgan fingerprint density at radius 3 is 2.80 bits per heavy atom. The second kappa shape index (κ2) is 5.42. The molecule has 3 heterocycles. The van der Waals surface area contributed by atoms with Crippen LogP contribution in [0.25, 0.3) is 0 Å². The first-order valence-electron chi connectivity index (χ1n) is 7.04. The maximum Gasteiger partial charge on any atom is 0.243 e. The summed E-state index contributed by atoms with van der Waals surface area (Å²) in [4.78, 5) is 6.72. The highest BCUT2D eigenvalue weighted by molar-refractivity contribution is 7.91. The van der Waals surface area contributed by atoms with Crippen LogP contribution in [-0.2, 0) is 9.84 Å². The second-order valence-electron chi connectivity index (χ2n) is 5.55. The summed E-state index contributed by atoms with van der Waals surface area (Å²) in [7, 11) is -2.92. The molecule has 0 aromatic carbocycles. The quantitative estimate of drug-likeness (QED) is 0.836. The zero-order valence-electron chi connectivity index (χ0n) is 11.6. The van der Waals surface area contributed by atoms with Crippen molar-refractivity contribution in [2.24, 2.45) is 0 Å². The van der Waals surface area contributed by atoms with Crippen molar-refractivity contribution >= 4 is 9.84 Å². The third-order valence-corrected chi connectivity index (χ3v) is 5.88. The molecule has 112 valence electrons. The summed E-state index contributed by atoms with van der Waals surface area (Å²) < 4.78 is 28.3. The van der Waals surface area contributed by atoms with Crippen LogP contribution >= 0.6 is 0 Å². The Morgan fingerprint density at radius 2 is 2.15 bits per heavy atom. The lowest BCUT2D eigenvalue weighted by Gasteiger charge is -2.30. The fourth-order valence-corrected chi connectivity index (χ4v) is 4.55. The van der Waals surface area contributed by atoms with Crippen molar-refractivity contribution in [1.82, 2.24) is 20.4 Å². The number of piperazine rings is 1. The lowest BCUT2D eigenvalue weighted by atomic mass is 10.1. The van der Waals surface area contributed by atoms with Crippen LogP contribution in [0.2, 0.25) is 0 Å². The lowest BCUT2D eigenvalue weighted by molar-refractivity contribution is 0.154. The van der Waals surface area contributed by atoms with Gasteiger partial charge in [-0.1, -0.05) is 5.16 Å². The van der Waals surface area contributed by atoms with Crippen LogP contribution in [0.1, 0.15) is 37.0 Å². The van der Waals surface area contributed by atoms with Crippen molar-refractivity contribution in [3.8, 4) is 0 Å².